The van der Waals surface area contributed by atoms with Crippen LogP contribution in [0.15, 0.2) is 47.4 Å². The summed E-state index contributed by atoms with van der Waals surface area (Å²) in [4.78, 5) is 4.46. The summed E-state index contributed by atoms with van der Waals surface area (Å²) >= 11 is 0. The molecule has 2 heterocycles. The number of aromatic amines is 1. The van der Waals surface area contributed by atoms with Crippen LogP contribution in [0.3, 0.4) is 0 Å². The Balaban J connectivity index is 1.45. The van der Waals surface area contributed by atoms with Crippen LogP contribution in [0.2, 0.25) is 0 Å². The average molecular weight is 418 g/mol. The van der Waals surface area contributed by atoms with Gasteiger partial charge in [-0.05, 0) is 61.7 Å². The van der Waals surface area contributed by atoms with Gasteiger partial charge in [-0.15, -0.1) is 0 Å². The SMILES string of the molecule is Cc1ccc(S(=O)(=O)N2CCC(c3nc(-c4ccc(F)cc4)n[nH]3)CC2)cc1F. The molecule has 152 valence electrons. The Kier molecular flexibility index (Phi) is 5.18. The Bertz CT molecular complexity index is 1120. The van der Waals surface area contributed by atoms with Crippen molar-refractivity contribution in [3.8, 4) is 11.4 Å². The molecule has 0 unspecified atom stereocenters. The van der Waals surface area contributed by atoms with E-state index in [1.807, 2.05) is 0 Å². The van der Waals surface area contributed by atoms with E-state index in [2.05, 4.69) is 15.2 Å². The van der Waals surface area contributed by atoms with E-state index in [-0.39, 0.29) is 16.6 Å². The molecule has 1 aliphatic rings. The zero-order chi connectivity index (χ0) is 20.6. The number of benzene rings is 2. The molecule has 0 amide bonds. The number of sulfonamides is 1. The standard InChI is InChI=1S/C20H20F2N4O2S/c1-13-2-7-17(12-18(13)22)29(27,28)26-10-8-15(9-11-26)20-23-19(24-25-20)14-3-5-16(21)6-4-14/h2-7,12,15H,8-11H2,1H3,(H,23,24,25). The Morgan fingerprint density at radius 3 is 2.41 bits per heavy atom. The van der Waals surface area contributed by atoms with Crippen molar-refractivity contribution in [2.24, 2.45) is 0 Å². The predicted octanol–water partition coefficient (Wildman–Crippen LogP) is 3.63. The quantitative estimate of drug-likeness (QED) is 0.702. The van der Waals surface area contributed by atoms with Gasteiger partial charge in [0, 0.05) is 24.6 Å². The van der Waals surface area contributed by atoms with E-state index < -0.39 is 15.8 Å². The number of rotatable bonds is 4. The van der Waals surface area contributed by atoms with Gasteiger partial charge >= 0.3 is 0 Å². The molecule has 4 rings (SSSR count). The van der Waals surface area contributed by atoms with Gasteiger partial charge in [0.25, 0.3) is 0 Å². The highest BCUT2D eigenvalue weighted by Gasteiger charge is 2.31. The lowest BCUT2D eigenvalue weighted by Gasteiger charge is -2.30. The first-order valence-electron chi connectivity index (χ1n) is 9.29. The molecule has 0 bridgehead atoms. The Morgan fingerprint density at radius 2 is 1.76 bits per heavy atom. The average Bonchev–Trinajstić information content (AvgIpc) is 3.21. The lowest BCUT2D eigenvalue weighted by Crippen LogP contribution is -2.38. The number of halogens is 2. The Hall–Kier alpha value is -2.65. The van der Waals surface area contributed by atoms with Gasteiger partial charge in [-0.3, -0.25) is 5.10 Å². The van der Waals surface area contributed by atoms with Crippen LogP contribution >= 0.6 is 0 Å². The normalized spacial score (nSPS) is 16.2. The minimum Gasteiger partial charge on any atom is -0.262 e. The molecule has 0 spiro atoms. The third kappa shape index (κ3) is 3.92. The lowest BCUT2D eigenvalue weighted by molar-refractivity contribution is 0.313. The summed E-state index contributed by atoms with van der Waals surface area (Å²) in [5, 5.41) is 7.11. The van der Waals surface area contributed by atoms with E-state index >= 15 is 0 Å². The fourth-order valence-corrected chi connectivity index (χ4v) is 4.92. The van der Waals surface area contributed by atoms with Crippen LogP contribution in [-0.2, 0) is 10.0 Å². The maximum atomic E-state index is 13.8. The first-order valence-corrected chi connectivity index (χ1v) is 10.7. The van der Waals surface area contributed by atoms with E-state index in [9.17, 15) is 17.2 Å². The maximum absolute atomic E-state index is 13.8. The Morgan fingerprint density at radius 1 is 1.07 bits per heavy atom. The van der Waals surface area contributed by atoms with Gasteiger partial charge in [0.1, 0.15) is 17.5 Å². The molecule has 3 aromatic rings. The summed E-state index contributed by atoms with van der Waals surface area (Å²) in [5.74, 6) is 0.341. The monoisotopic (exact) mass is 418 g/mol. The van der Waals surface area contributed by atoms with Gasteiger partial charge in [-0.1, -0.05) is 6.07 Å². The van der Waals surface area contributed by atoms with Crippen LogP contribution < -0.4 is 0 Å². The molecule has 0 aliphatic carbocycles. The zero-order valence-corrected chi connectivity index (χ0v) is 16.6. The molecule has 2 aromatic carbocycles. The summed E-state index contributed by atoms with van der Waals surface area (Å²) in [5.41, 5.74) is 1.11. The predicted molar refractivity (Wildman–Crippen MR) is 104 cm³/mol. The van der Waals surface area contributed by atoms with Gasteiger partial charge in [0.15, 0.2) is 5.82 Å². The van der Waals surface area contributed by atoms with E-state index in [1.54, 1.807) is 19.1 Å². The number of piperidine rings is 1. The molecule has 0 radical (unpaired) electrons. The van der Waals surface area contributed by atoms with Crippen molar-refractivity contribution in [1.29, 1.82) is 0 Å². The van der Waals surface area contributed by atoms with E-state index in [0.717, 1.165) is 6.07 Å². The second kappa shape index (κ2) is 7.64. The first kappa shape index (κ1) is 19.7. The number of aromatic nitrogens is 3. The van der Waals surface area contributed by atoms with Crippen molar-refractivity contribution >= 4 is 10.0 Å². The van der Waals surface area contributed by atoms with Crippen LogP contribution in [0.4, 0.5) is 8.78 Å². The summed E-state index contributed by atoms with van der Waals surface area (Å²) in [6.45, 7) is 2.22. The summed E-state index contributed by atoms with van der Waals surface area (Å²) in [6, 6.07) is 9.90. The van der Waals surface area contributed by atoms with Crippen molar-refractivity contribution in [3.63, 3.8) is 0 Å². The van der Waals surface area contributed by atoms with Crippen LogP contribution in [0.25, 0.3) is 11.4 Å². The summed E-state index contributed by atoms with van der Waals surface area (Å²) in [7, 11) is -3.74. The van der Waals surface area contributed by atoms with Gasteiger partial charge in [0.2, 0.25) is 10.0 Å². The van der Waals surface area contributed by atoms with Gasteiger partial charge in [0.05, 0.1) is 4.90 Å². The molecule has 1 fully saturated rings. The van der Waals surface area contributed by atoms with E-state index in [4.69, 9.17) is 0 Å². The molecule has 1 aromatic heterocycles. The molecule has 6 nitrogen and oxygen atoms in total. The topological polar surface area (TPSA) is 79.0 Å². The smallest absolute Gasteiger partial charge is 0.243 e. The highest BCUT2D eigenvalue weighted by Crippen LogP contribution is 2.30. The van der Waals surface area contributed by atoms with Crippen LogP contribution in [0.1, 0.15) is 30.1 Å². The maximum Gasteiger partial charge on any atom is 0.243 e. The molecule has 9 heteroatoms. The summed E-state index contributed by atoms with van der Waals surface area (Å²) < 4.78 is 53.9. The van der Waals surface area contributed by atoms with E-state index in [1.165, 1.54) is 28.6 Å². The minimum absolute atomic E-state index is 0.0303. The molecular weight excluding hydrogens is 398 g/mol. The fraction of sp³-hybridized carbons (Fsp3) is 0.300. The lowest BCUT2D eigenvalue weighted by atomic mass is 9.97. The van der Waals surface area contributed by atoms with Gasteiger partial charge in [-0.25, -0.2) is 22.2 Å². The molecule has 1 N–H and O–H groups in total. The zero-order valence-electron chi connectivity index (χ0n) is 15.8. The van der Waals surface area contributed by atoms with Crippen LogP contribution in [-0.4, -0.2) is 41.0 Å². The molecular formula is C20H20F2N4O2S. The van der Waals surface area contributed by atoms with Gasteiger partial charge < -0.3 is 0 Å². The van der Waals surface area contributed by atoms with Crippen molar-refractivity contribution in [3.05, 3.63) is 65.5 Å². The fourth-order valence-electron chi connectivity index (χ4n) is 3.44. The van der Waals surface area contributed by atoms with Crippen LogP contribution in [0.5, 0.6) is 0 Å². The van der Waals surface area contributed by atoms with Crippen molar-refractivity contribution in [2.75, 3.05) is 13.1 Å². The second-order valence-electron chi connectivity index (χ2n) is 7.14. The largest absolute Gasteiger partial charge is 0.262 e. The summed E-state index contributed by atoms with van der Waals surface area (Å²) in [6.07, 6.45) is 1.15. The molecule has 29 heavy (non-hydrogen) atoms. The number of aryl methyl sites for hydroxylation is 1. The Labute approximate surface area is 167 Å². The number of H-pyrrole nitrogens is 1. The highest BCUT2D eigenvalue weighted by molar-refractivity contribution is 7.89. The van der Waals surface area contributed by atoms with Gasteiger partial charge in [-0.2, -0.15) is 9.40 Å². The van der Waals surface area contributed by atoms with E-state index in [0.29, 0.717) is 48.7 Å². The van der Waals surface area contributed by atoms with Crippen molar-refractivity contribution in [1.82, 2.24) is 19.5 Å². The first-order chi connectivity index (χ1) is 13.8. The third-order valence-corrected chi connectivity index (χ3v) is 7.12. The number of hydrogen-bond acceptors (Lipinski definition) is 4. The minimum atomic E-state index is -3.74. The molecule has 0 atom stereocenters. The third-order valence-electron chi connectivity index (χ3n) is 5.23. The molecule has 0 saturated carbocycles. The number of nitrogens with zero attached hydrogens (tertiary/aromatic N) is 3. The van der Waals surface area contributed by atoms with Crippen LogP contribution in [0, 0.1) is 18.6 Å². The molecule has 1 aliphatic heterocycles. The van der Waals surface area contributed by atoms with Crippen molar-refractivity contribution in [2.45, 2.75) is 30.6 Å². The van der Waals surface area contributed by atoms with Crippen molar-refractivity contribution < 1.29 is 17.2 Å². The highest BCUT2D eigenvalue weighted by atomic mass is 32.2. The number of hydrogen-bond donors (Lipinski definition) is 1. The second-order valence-corrected chi connectivity index (χ2v) is 9.08. The molecule has 1 saturated heterocycles. The number of nitrogens with one attached hydrogen (secondary N) is 1.